The molecule has 0 bridgehead atoms. The van der Waals surface area contributed by atoms with Crippen molar-refractivity contribution in [1.82, 2.24) is 4.98 Å². The van der Waals surface area contributed by atoms with E-state index in [-0.39, 0.29) is 0 Å². The topological polar surface area (TPSA) is 12.9 Å². The van der Waals surface area contributed by atoms with E-state index < -0.39 is 0 Å². The first-order chi connectivity index (χ1) is 7.45. The number of fused-ring (bicyclic) bond motifs is 6. The molecule has 1 radical (unpaired) electrons. The Morgan fingerprint density at radius 3 is 2.94 bits per heavy atom. The van der Waals surface area contributed by atoms with Gasteiger partial charge in [-0.2, -0.15) is 17.4 Å². The predicted molar refractivity (Wildman–Crippen MR) is 69.2 cm³/mol. The minimum atomic E-state index is 0. The largest absolute Gasteiger partial charge is 0.309 e. The molecule has 0 unspecified atom stereocenters. The molecule has 0 amide bonds. The number of nitrogens with zero attached hydrogens (tertiary/aromatic N) is 1. The molecule has 5 heteroatoms. The maximum atomic E-state index is 4.45. The number of rotatable bonds is 0. The second-order valence-corrected chi connectivity index (χ2v) is 5.93. The Morgan fingerprint density at radius 2 is 2.00 bits per heavy atom. The van der Waals surface area contributed by atoms with Gasteiger partial charge in [-0.25, -0.2) is 11.3 Å². The van der Waals surface area contributed by atoms with Gasteiger partial charge in [-0.1, -0.05) is 10.1 Å². The molecular formula is C11H4LrNS3-. The minimum Gasteiger partial charge on any atom is -0.309 e. The SMILES string of the molecule is [Lr].[c-]1csc2c1c1ncsc1c1ccsc12. The fourth-order valence-corrected chi connectivity index (χ4v) is 4.71. The quantitative estimate of drug-likeness (QED) is 0.319. The molecule has 87 valence electrons. The van der Waals surface area contributed by atoms with Crippen molar-refractivity contribution >= 4 is 64.4 Å². The van der Waals surface area contributed by atoms with Crippen molar-refractivity contribution in [2.75, 3.05) is 0 Å². The second kappa shape index (κ2) is 3.01. The number of hydrogen-bond acceptors (Lipinski definition) is 4. The van der Waals surface area contributed by atoms with Gasteiger partial charge in [-0.15, -0.1) is 16.7 Å². The van der Waals surface area contributed by atoms with Crippen LogP contribution >= 0.6 is 34.0 Å². The average Bonchev–Trinajstić information content (AvgIpc) is 2.97. The molecule has 0 aliphatic heterocycles. The van der Waals surface area contributed by atoms with E-state index >= 15 is 0 Å². The summed E-state index contributed by atoms with van der Waals surface area (Å²) >= 11 is 5.29. The molecule has 1 aromatic carbocycles. The maximum absolute atomic E-state index is 4.45. The van der Waals surface area contributed by atoms with E-state index in [1.165, 1.54) is 24.9 Å². The molecule has 3 heterocycles. The monoisotopic (exact) mass is 508 g/mol. The van der Waals surface area contributed by atoms with Crippen molar-refractivity contribution in [2.45, 2.75) is 0 Å². The third kappa shape index (κ3) is 0.913. The van der Waals surface area contributed by atoms with Gasteiger partial charge in [0, 0.05) is 4.70 Å². The van der Waals surface area contributed by atoms with Gasteiger partial charge in [0.25, 0.3) is 0 Å². The number of aromatic nitrogens is 1. The molecular weight excluding hydrogens is 504 g/mol. The van der Waals surface area contributed by atoms with Gasteiger partial charge >= 0.3 is 0 Å². The molecule has 0 atom stereocenters. The molecule has 0 saturated carbocycles. The summed E-state index contributed by atoms with van der Waals surface area (Å²) in [7, 11) is 0. The molecule has 0 aliphatic carbocycles. The summed E-state index contributed by atoms with van der Waals surface area (Å²) in [6.45, 7) is 0. The van der Waals surface area contributed by atoms with Crippen LogP contribution in [-0.4, -0.2) is 4.98 Å². The van der Waals surface area contributed by atoms with Crippen molar-refractivity contribution in [3.63, 3.8) is 0 Å². The maximum Gasteiger partial charge on any atom is 0.0646 e. The van der Waals surface area contributed by atoms with Crippen LogP contribution in [0.3, 0.4) is 0 Å². The first kappa shape index (κ1) is 9.27. The van der Waals surface area contributed by atoms with E-state index in [2.05, 4.69) is 22.5 Å². The van der Waals surface area contributed by atoms with E-state index in [0.717, 1.165) is 5.52 Å². The van der Waals surface area contributed by atoms with E-state index in [1.54, 1.807) is 22.7 Å². The van der Waals surface area contributed by atoms with Crippen LogP contribution in [0.4, 0.5) is 0 Å². The molecule has 0 spiro atoms. The number of thiophene rings is 2. The van der Waals surface area contributed by atoms with Gasteiger partial charge < -0.3 is 4.98 Å². The van der Waals surface area contributed by atoms with E-state index in [1.807, 2.05) is 22.2 Å². The number of thiazole rings is 1. The molecule has 0 N–H and O–H groups in total. The predicted octanol–water partition coefficient (Wildman–Crippen LogP) is 4.53. The van der Waals surface area contributed by atoms with Gasteiger partial charge in [0.2, 0.25) is 0 Å². The minimum absolute atomic E-state index is 0. The Balaban J connectivity index is 0.000000810. The molecule has 16 heavy (non-hydrogen) atoms. The Hall–Kier alpha value is -1.97. The molecule has 4 rings (SSSR count). The Labute approximate surface area is 97.6 Å². The summed E-state index contributed by atoms with van der Waals surface area (Å²) in [5, 5.41) is 6.72. The van der Waals surface area contributed by atoms with Gasteiger partial charge in [0.05, 0.1) is 5.51 Å². The number of hydrogen-bond donors (Lipinski definition) is 0. The summed E-state index contributed by atoms with van der Waals surface area (Å²) < 4.78 is 4.01. The third-order valence-corrected chi connectivity index (χ3v) is 5.33. The zero-order valence-corrected chi connectivity index (χ0v) is 12.3. The third-order valence-electron chi connectivity index (χ3n) is 2.53. The van der Waals surface area contributed by atoms with Crippen molar-refractivity contribution in [1.29, 1.82) is 0 Å². The molecule has 0 aliphatic rings. The molecule has 4 aromatic rings. The smallest absolute Gasteiger partial charge is 0.0646 e. The zero-order chi connectivity index (χ0) is 9.83. The van der Waals surface area contributed by atoms with E-state index in [4.69, 9.17) is 0 Å². The first-order valence-corrected chi connectivity index (χ1v) is 7.10. The van der Waals surface area contributed by atoms with Crippen LogP contribution in [0.2, 0.25) is 0 Å². The van der Waals surface area contributed by atoms with Gasteiger partial charge in [-0.05, 0) is 27.0 Å². The van der Waals surface area contributed by atoms with Crippen molar-refractivity contribution in [2.24, 2.45) is 0 Å². The van der Waals surface area contributed by atoms with Crippen LogP contribution in [0, 0.1) is 6.07 Å². The van der Waals surface area contributed by atoms with Crippen molar-refractivity contribution < 1.29 is 0 Å². The normalized spacial score (nSPS) is 11.2. The van der Waals surface area contributed by atoms with Crippen molar-refractivity contribution in [3.8, 4) is 0 Å². The van der Waals surface area contributed by atoms with Crippen LogP contribution in [-0.2, 0) is 0 Å². The van der Waals surface area contributed by atoms with Crippen molar-refractivity contribution in [3.05, 3.63) is 28.4 Å². The van der Waals surface area contributed by atoms with Gasteiger partial charge in [0.1, 0.15) is 0 Å². The fourth-order valence-electron chi connectivity index (χ4n) is 1.89. The Morgan fingerprint density at radius 1 is 1.06 bits per heavy atom. The van der Waals surface area contributed by atoms with Crippen LogP contribution in [0.15, 0.2) is 22.3 Å². The fraction of sp³-hybridized carbons (Fsp3) is 0. The molecule has 0 saturated heterocycles. The molecule has 1 nitrogen and oxygen atoms in total. The summed E-state index contributed by atoms with van der Waals surface area (Å²) in [5.74, 6) is 0. The van der Waals surface area contributed by atoms with Crippen LogP contribution in [0.25, 0.3) is 30.4 Å². The standard InChI is InChI=1S/C11H4NS3.Lr/c1-3-13-10-6(1)8-9(15-5-12-8)7-2-4-14-11(7)10;/h2-5H;/q-1;. The molecule has 3 aromatic heterocycles. The summed E-state index contributed by atoms with van der Waals surface area (Å²) in [6.07, 6.45) is 0. The van der Waals surface area contributed by atoms with E-state index in [9.17, 15) is 0 Å². The van der Waals surface area contributed by atoms with Gasteiger partial charge in [0.15, 0.2) is 0 Å². The summed E-state index contributed by atoms with van der Waals surface area (Å²) in [4.78, 5) is 4.45. The van der Waals surface area contributed by atoms with E-state index in [0.29, 0.717) is 0 Å². The average molecular weight is 508 g/mol. The molecule has 0 fully saturated rings. The van der Waals surface area contributed by atoms with Crippen LogP contribution < -0.4 is 0 Å². The van der Waals surface area contributed by atoms with Crippen LogP contribution in [0.5, 0.6) is 0 Å². The van der Waals surface area contributed by atoms with Crippen LogP contribution in [0.1, 0.15) is 0 Å². The second-order valence-electron chi connectivity index (χ2n) is 3.28. The Kier molecular flexibility index (Phi) is 1.74. The first-order valence-electron chi connectivity index (χ1n) is 4.46. The van der Waals surface area contributed by atoms with Gasteiger partial charge in [-0.3, -0.25) is 0 Å². The zero-order valence-electron chi connectivity index (χ0n) is 7.74. The summed E-state index contributed by atoms with van der Waals surface area (Å²) in [6, 6.07) is 5.49. The Bertz CT molecular complexity index is 585. The number of benzene rings is 1. The summed E-state index contributed by atoms with van der Waals surface area (Å²) in [5.41, 5.74) is 3.04.